The van der Waals surface area contributed by atoms with Crippen LogP contribution in [0.4, 0.5) is 0 Å². The van der Waals surface area contributed by atoms with E-state index in [0.29, 0.717) is 11.3 Å². The summed E-state index contributed by atoms with van der Waals surface area (Å²) in [6, 6.07) is 39.0. The molecule has 0 N–H and O–H groups in total. The predicted molar refractivity (Wildman–Crippen MR) is 154 cm³/mol. The van der Waals surface area contributed by atoms with E-state index < -0.39 is 0 Å². The maximum absolute atomic E-state index is 3.30. The van der Waals surface area contributed by atoms with E-state index >= 15 is 0 Å². The average Bonchev–Trinajstić information content (AvgIpc) is 3.54. The van der Waals surface area contributed by atoms with Gasteiger partial charge in [0.1, 0.15) is 0 Å². The molecule has 0 aliphatic heterocycles. The Balaban J connectivity index is 0.000000203. The number of halogens is 2. The molecule has 0 spiro atoms. The monoisotopic (exact) mass is 584 g/mol. The van der Waals surface area contributed by atoms with Crippen LogP contribution in [0.5, 0.6) is 0 Å². The standard InChI is InChI=1S/C13H9.C13H10.C10H15.2ClH.Ti/c1-3-7-12-10(5-1)9-11-6-2-4-8-13(11)12;1-3-7-12(8-4-1)11-13-9-5-2-6-10-13;1-8-5-6-9(7-8)10(2,3)4;;;/h1-5,7-8H,9H2;1-10H;6-8H,1-4H3;2*1H;/q-1;;-1;;;+2/p-2. The Bertz CT molecular complexity index is 1310. The van der Waals surface area contributed by atoms with Crippen LogP contribution in [0.1, 0.15) is 49.9 Å². The molecule has 0 fully saturated rings. The van der Waals surface area contributed by atoms with Crippen molar-refractivity contribution in [1.82, 2.24) is 0 Å². The van der Waals surface area contributed by atoms with Gasteiger partial charge in [0.05, 0.1) is 0 Å². The zero-order chi connectivity index (χ0) is 26.3. The summed E-state index contributed by atoms with van der Waals surface area (Å²) < 4.78 is 1.33. The Morgan fingerprint density at radius 1 is 0.744 bits per heavy atom. The van der Waals surface area contributed by atoms with Gasteiger partial charge in [-0.15, -0.1) is 5.56 Å². The van der Waals surface area contributed by atoms with Crippen molar-refractivity contribution in [2.24, 2.45) is 11.3 Å². The van der Waals surface area contributed by atoms with Crippen LogP contribution in [0.3, 0.4) is 0 Å². The SMILES string of the molecule is CC1[C-]=CC(C(C)(C)C)=C1.[Cl-].[Cl-].[Ti+2]=[C](c1ccccc1)c1ccccc1.[c-]1cccc2c1Cc1ccccc1-2. The molecule has 2 aliphatic carbocycles. The van der Waals surface area contributed by atoms with Gasteiger partial charge in [0.15, 0.2) is 0 Å². The fourth-order valence-electron chi connectivity index (χ4n) is 4.43. The van der Waals surface area contributed by atoms with Crippen LogP contribution in [0.2, 0.25) is 0 Å². The van der Waals surface area contributed by atoms with Gasteiger partial charge >= 0.3 is 95.6 Å². The third-order valence-corrected chi connectivity index (χ3v) is 7.44. The van der Waals surface area contributed by atoms with Crippen LogP contribution in [0.25, 0.3) is 11.1 Å². The van der Waals surface area contributed by atoms with Gasteiger partial charge in [0.25, 0.3) is 0 Å². The van der Waals surface area contributed by atoms with Gasteiger partial charge in [-0.25, -0.2) is 6.08 Å². The van der Waals surface area contributed by atoms with Crippen molar-refractivity contribution in [3.63, 3.8) is 0 Å². The van der Waals surface area contributed by atoms with E-state index in [4.69, 9.17) is 0 Å². The fraction of sp³-hybridized carbons (Fsp3) is 0.194. The van der Waals surface area contributed by atoms with Crippen LogP contribution in [0, 0.1) is 23.5 Å². The minimum Gasteiger partial charge on any atom is -0.179 e. The summed E-state index contributed by atoms with van der Waals surface area (Å²) in [6.45, 7) is 8.86. The fourth-order valence-corrected chi connectivity index (χ4v) is 4.95. The molecule has 4 aromatic carbocycles. The van der Waals surface area contributed by atoms with E-state index in [1.54, 1.807) is 0 Å². The summed E-state index contributed by atoms with van der Waals surface area (Å²) >= 11 is 2.16. The molecule has 39 heavy (non-hydrogen) atoms. The summed E-state index contributed by atoms with van der Waals surface area (Å²) in [5.41, 5.74) is 9.81. The van der Waals surface area contributed by atoms with Gasteiger partial charge in [-0.05, 0) is 6.42 Å². The topological polar surface area (TPSA) is 0 Å². The molecule has 0 saturated heterocycles. The summed E-state index contributed by atoms with van der Waals surface area (Å²) in [7, 11) is 0. The molecule has 2 aliphatic rings. The Labute approximate surface area is 259 Å². The smallest absolute Gasteiger partial charge is 0.0253 e. The van der Waals surface area contributed by atoms with E-state index in [1.165, 1.54) is 42.8 Å². The molecular formula is C36H34Cl2Ti-2. The molecule has 0 nitrogen and oxygen atoms in total. The second kappa shape index (κ2) is 15.3. The van der Waals surface area contributed by atoms with Crippen molar-refractivity contribution >= 4 is 3.81 Å². The molecule has 198 valence electrons. The summed E-state index contributed by atoms with van der Waals surface area (Å²) in [6.07, 6.45) is 8.70. The maximum atomic E-state index is 3.30. The van der Waals surface area contributed by atoms with E-state index in [9.17, 15) is 0 Å². The molecule has 1 atom stereocenters. The quantitative estimate of drug-likeness (QED) is 0.221. The zero-order valence-electron chi connectivity index (χ0n) is 23.0. The predicted octanol–water partition coefficient (Wildman–Crippen LogP) is 2.84. The van der Waals surface area contributed by atoms with Crippen LogP contribution in [-0.4, -0.2) is 3.81 Å². The van der Waals surface area contributed by atoms with Crippen molar-refractivity contribution in [2.75, 3.05) is 0 Å². The first kappa shape index (κ1) is 32.7. The summed E-state index contributed by atoms with van der Waals surface area (Å²) in [5.74, 6) is 0.522. The number of hydrogen-bond donors (Lipinski definition) is 0. The van der Waals surface area contributed by atoms with Crippen molar-refractivity contribution in [1.29, 1.82) is 0 Å². The molecule has 1 unspecified atom stereocenters. The Kier molecular flexibility index (Phi) is 12.9. The largest absolute Gasteiger partial charge is 0.179 e. The van der Waals surface area contributed by atoms with E-state index in [-0.39, 0.29) is 24.8 Å². The Hall–Kier alpha value is -2.48. The second-order valence-corrected chi connectivity index (χ2v) is 11.3. The summed E-state index contributed by atoms with van der Waals surface area (Å²) in [4.78, 5) is 0. The normalized spacial score (nSPS) is 14.1. The van der Waals surface area contributed by atoms with Crippen molar-refractivity contribution in [2.45, 2.75) is 34.1 Å². The van der Waals surface area contributed by atoms with Crippen LogP contribution >= 0.6 is 0 Å². The molecule has 0 amide bonds. The second-order valence-electron chi connectivity index (χ2n) is 10.5. The Morgan fingerprint density at radius 2 is 1.28 bits per heavy atom. The van der Waals surface area contributed by atoms with E-state index in [0.717, 1.165) is 6.42 Å². The third-order valence-electron chi connectivity index (χ3n) is 6.54. The molecule has 0 saturated carbocycles. The molecule has 4 aromatic rings. The van der Waals surface area contributed by atoms with Gasteiger partial charge in [0.2, 0.25) is 0 Å². The first-order valence-corrected chi connectivity index (χ1v) is 13.7. The van der Waals surface area contributed by atoms with Gasteiger partial charge in [-0.1, -0.05) is 74.4 Å². The number of hydrogen-bond acceptors (Lipinski definition) is 0. The first-order valence-electron chi connectivity index (χ1n) is 12.9. The number of benzene rings is 4. The first-order chi connectivity index (χ1) is 17.8. The Morgan fingerprint density at radius 3 is 1.79 bits per heavy atom. The van der Waals surface area contributed by atoms with Gasteiger partial charge < -0.3 is 24.8 Å². The zero-order valence-corrected chi connectivity index (χ0v) is 26.1. The van der Waals surface area contributed by atoms with Crippen LogP contribution in [-0.2, 0) is 26.4 Å². The van der Waals surface area contributed by atoms with Crippen molar-refractivity contribution in [3.05, 3.63) is 155 Å². The molecule has 6 rings (SSSR count). The minimum atomic E-state index is 0. The molecule has 0 bridgehead atoms. The van der Waals surface area contributed by atoms with E-state index in [2.05, 4.69) is 157 Å². The number of fused-ring (bicyclic) bond motifs is 3. The van der Waals surface area contributed by atoms with Gasteiger partial charge in [-0.2, -0.15) is 41.5 Å². The number of allylic oxidation sites excluding steroid dienone is 4. The third kappa shape index (κ3) is 9.02. The molecular weight excluding hydrogens is 551 g/mol. The molecule has 0 radical (unpaired) electrons. The van der Waals surface area contributed by atoms with E-state index in [1.807, 2.05) is 18.2 Å². The van der Waals surface area contributed by atoms with Crippen molar-refractivity contribution in [3.8, 4) is 11.1 Å². The number of rotatable bonds is 2. The molecule has 3 heteroatoms. The van der Waals surface area contributed by atoms with Crippen LogP contribution < -0.4 is 24.8 Å². The molecule has 0 heterocycles. The maximum Gasteiger partial charge on any atom is -0.0253 e. The minimum absolute atomic E-state index is 0. The summed E-state index contributed by atoms with van der Waals surface area (Å²) in [5, 5.41) is 0. The van der Waals surface area contributed by atoms with Crippen LogP contribution in [0.15, 0.2) is 121 Å². The molecule has 0 aromatic heterocycles. The van der Waals surface area contributed by atoms with Gasteiger partial charge in [-0.3, -0.25) is 6.08 Å². The van der Waals surface area contributed by atoms with Crippen molar-refractivity contribution < 1.29 is 44.8 Å². The van der Waals surface area contributed by atoms with Gasteiger partial charge in [0, 0.05) is 0 Å². The average molecular weight is 585 g/mol.